The van der Waals surface area contributed by atoms with Gasteiger partial charge in [0.15, 0.2) is 5.92 Å². The van der Waals surface area contributed by atoms with Crippen LogP contribution in [0, 0.1) is 26.1 Å². The first-order chi connectivity index (χ1) is 9.77. The van der Waals surface area contributed by atoms with Crippen molar-refractivity contribution in [2.45, 2.75) is 6.42 Å². The van der Waals surface area contributed by atoms with Gasteiger partial charge in [-0.15, -0.1) is 0 Å². The lowest BCUT2D eigenvalue weighted by Gasteiger charge is -2.10. The van der Waals surface area contributed by atoms with E-state index in [0.29, 0.717) is 6.07 Å². The van der Waals surface area contributed by atoms with Gasteiger partial charge in [0, 0.05) is 18.1 Å². The molecule has 112 valence electrons. The van der Waals surface area contributed by atoms with E-state index in [-0.39, 0.29) is 5.56 Å². The lowest BCUT2D eigenvalue weighted by Crippen LogP contribution is -2.27. The maximum Gasteiger partial charge on any atom is 0.320 e. The molecular weight excluding hydrogens is 288 g/mol. The summed E-state index contributed by atoms with van der Waals surface area (Å²) in [6.07, 6.45) is -0.504. The van der Waals surface area contributed by atoms with Gasteiger partial charge in [0.25, 0.3) is 11.4 Å². The van der Waals surface area contributed by atoms with Crippen LogP contribution in [0.2, 0.25) is 0 Å². The van der Waals surface area contributed by atoms with Gasteiger partial charge >= 0.3 is 11.9 Å². The Labute approximate surface area is 117 Å². The van der Waals surface area contributed by atoms with Crippen molar-refractivity contribution in [3.63, 3.8) is 0 Å². The summed E-state index contributed by atoms with van der Waals surface area (Å²) >= 11 is 0. The number of methoxy groups -OCH3 is 1. The van der Waals surface area contributed by atoms with Crippen LogP contribution < -0.4 is 0 Å². The number of hydrogen-bond acceptors (Lipinski definition) is 7. The number of benzene rings is 1. The van der Waals surface area contributed by atoms with Gasteiger partial charge in [0.2, 0.25) is 0 Å². The van der Waals surface area contributed by atoms with Crippen LogP contribution in [0.5, 0.6) is 0 Å². The van der Waals surface area contributed by atoms with E-state index < -0.39 is 45.5 Å². The number of nitro benzene ring substituents is 2. The molecule has 1 N–H and O–H groups in total. The molecule has 0 aliphatic rings. The smallest absolute Gasteiger partial charge is 0.320 e. The molecule has 0 saturated heterocycles. The first kappa shape index (κ1) is 16.0. The van der Waals surface area contributed by atoms with E-state index in [4.69, 9.17) is 5.11 Å². The monoisotopic (exact) mass is 298 g/mol. The summed E-state index contributed by atoms with van der Waals surface area (Å²) in [6.45, 7) is 0. The molecule has 0 radical (unpaired) electrons. The van der Waals surface area contributed by atoms with Gasteiger partial charge < -0.3 is 9.84 Å². The Balaban J connectivity index is 3.23. The molecule has 1 unspecified atom stereocenters. The SMILES string of the molecule is COC(=O)C(Cc1ccc([N+](=O)[O-])cc1[N+](=O)[O-])C(=O)O. The van der Waals surface area contributed by atoms with Crippen LogP contribution in [0.3, 0.4) is 0 Å². The molecule has 0 bridgehead atoms. The number of hydrogen-bond donors (Lipinski definition) is 1. The number of carbonyl (C=O) groups is 2. The fourth-order valence-corrected chi connectivity index (χ4v) is 1.64. The molecule has 0 aliphatic heterocycles. The predicted molar refractivity (Wildman–Crippen MR) is 66.6 cm³/mol. The van der Waals surface area contributed by atoms with Crippen molar-refractivity contribution >= 4 is 23.3 Å². The number of ether oxygens (including phenoxy) is 1. The van der Waals surface area contributed by atoms with E-state index in [1.165, 1.54) is 0 Å². The number of carboxylic acids is 1. The summed E-state index contributed by atoms with van der Waals surface area (Å²) in [7, 11) is 0.989. The summed E-state index contributed by atoms with van der Waals surface area (Å²) in [5.41, 5.74) is -1.24. The highest BCUT2D eigenvalue weighted by molar-refractivity contribution is 5.94. The molecule has 0 saturated carbocycles. The van der Waals surface area contributed by atoms with E-state index >= 15 is 0 Å². The van der Waals surface area contributed by atoms with Crippen molar-refractivity contribution in [3.8, 4) is 0 Å². The number of carbonyl (C=O) groups excluding carboxylic acids is 1. The van der Waals surface area contributed by atoms with Crippen molar-refractivity contribution < 1.29 is 29.3 Å². The molecule has 10 heteroatoms. The molecule has 0 spiro atoms. The molecule has 10 nitrogen and oxygen atoms in total. The number of nitro groups is 2. The zero-order valence-electron chi connectivity index (χ0n) is 10.7. The second-order valence-corrected chi connectivity index (χ2v) is 3.95. The summed E-state index contributed by atoms with van der Waals surface area (Å²) in [5, 5.41) is 30.4. The van der Waals surface area contributed by atoms with Crippen LogP contribution in [-0.4, -0.2) is 34.0 Å². The molecule has 1 aromatic rings. The highest BCUT2D eigenvalue weighted by atomic mass is 16.6. The molecule has 1 rings (SSSR count). The minimum absolute atomic E-state index is 0.108. The molecule has 0 amide bonds. The van der Waals surface area contributed by atoms with E-state index in [1.54, 1.807) is 0 Å². The Morgan fingerprint density at radius 2 is 1.90 bits per heavy atom. The Bertz CT molecular complexity index is 612. The number of non-ortho nitro benzene ring substituents is 1. The van der Waals surface area contributed by atoms with E-state index in [1.807, 2.05) is 0 Å². The Morgan fingerprint density at radius 1 is 1.29 bits per heavy atom. The Morgan fingerprint density at radius 3 is 2.33 bits per heavy atom. The Kier molecular flexibility index (Phi) is 4.89. The van der Waals surface area contributed by atoms with Gasteiger partial charge in [0.1, 0.15) is 0 Å². The molecule has 1 aromatic carbocycles. The zero-order chi connectivity index (χ0) is 16.2. The minimum Gasteiger partial charge on any atom is -0.481 e. The lowest BCUT2D eigenvalue weighted by atomic mass is 9.98. The normalized spacial score (nSPS) is 11.5. The van der Waals surface area contributed by atoms with E-state index in [0.717, 1.165) is 19.2 Å². The summed E-state index contributed by atoms with van der Waals surface area (Å²) < 4.78 is 4.31. The lowest BCUT2D eigenvalue weighted by molar-refractivity contribution is -0.394. The molecule has 0 fully saturated rings. The fourth-order valence-electron chi connectivity index (χ4n) is 1.64. The minimum atomic E-state index is -1.63. The van der Waals surface area contributed by atoms with Crippen LogP contribution in [0.15, 0.2) is 18.2 Å². The predicted octanol–water partition coefficient (Wildman–Crippen LogP) is 0.919. The maximum absolute atomic E-state index is 11.3. The molecule has 0 aliphatic carbocycles. The first-order valence-electron chi connectivity index (χ1n) is 5.50. The molecule has 0 aromatic heterocycles. The summed E-state index contributed by atoms with van der Waals surface area (Å²) in [4.78, 5) is 42.1. The van der Waals surface area contributed by atoms with Crippen molar-refractivity contribution in [2.75, 3.05) is 7.11 Å². The highest BCUT2D eigenvalue weighted by Gasteiger charge is 2.31. The van der Waals surface area contributed by atoms with Gasteiger partial charge in [-0.2, -0.15) is 0 Å². The van der Waals surface area contributed by atoms with Gasteiger partial charge in [-0.05, 0) is 6.07 Å². The number of nitrogens with zero attached hydrogens (tertiary/aromatic N) is 2. The number of carboxylic acid groups (broad SMARTS) is 1. The first-order valence-corrected chi connectivity index (χ1v) is 5.50. The van der Waals surface area contributed by atoms with Crippen LogP contribution in [0.25, 0.3) is 0 Å². The van der Waals surface area contributed by atoms with Crippen molar-refractivity contribution in [1.82, 2.24) is 0 Å². The van der Waals surface area contributed by atoms with Gasteiger partial charge in [-0.3, -0.25) is 29.8 Å². The molecule has 21 heavy (non-hydrogen) atoms. The number of aliphatic carboxylic acids is 1. The molecular formula is C11H10N2O8. The third-order valence-electron chi connectivity index (χ3n) is 2.68. The quantitative estimate of drug-likeness (QED) is 0.352. The van der Waals surface area contributed by atoms with Gasteiger partial charge in [0.05, 0.1) is 23.0 Å². The average molecular weight is 298 g/mol. The zero-order valence-corrected chi connectivity index (χ0v) is 10.7. The third kappa shape index (κ3) is 3.72. The third-order valence-corrected chi connectivity index (χ3v) is 2.68. The van der Waals surface area contributed by atoms with Crippen molar-refractivity contribution in [1.29, 1.82) is 0 Å². The number of esters is 1. The maximum atomic E-state index is 11.3. The van der Waals surface area contributed by atoms with Crippen LogP contribution >= 0.6 is 0 Å². The standard InChI is InChI=1S/C11H10N2O8/c1-21-11(16)8(10(14)15)4-6-2-3-7(12(17)18)5-9(6)13(19)20/h2-3,5,8H,4H2,1H3,(H,14,15). The molecule has 1 atom stereocenters. The van der Waals surface area contributed by atoms with Crippen LogP contribution in [0.4, 0.5) is 11.4 Å². The van der Waals surface area contributed by atoms with Gasteiger partial charge in [-0.1, -0.05) is 0 Å². The second kappa shape index (κ2) is 6.41. The highest BCUT2D eigenvalue weighted by Crippen LogP contribution is 2.27. The summed E-state index contributed by atoms with van der Waals surface area (Å²) in [6, 6.07) is 2.76. The van der Waals surface area contributed by atoms with Crippen LogP contribution in [-0.2, 0) is 20.7 Å². The van der Waals surface area contributed by atoms with Crippen LogP contribution in [0.1, 0.15) is 5.56 Å². The van der Waals surface area contributed by atoms with Gasteiger partial charge in [-0.25, -0.2) is 0 Å². The number of rotatable bonds is 6. The average Bonchev–Trinajstić information content (AvgIpc) is 2.43. The van der Waals surface area contributed by atoms with Crippen molar-refractivity contribution in [3.05, 3.63) is 44.0 Å². The molecule has 0 heterocycles. The second-order valence-electron chi connectivity index (χ2n) is 3.95. The largest absolute Gasteiger partial charge is 0.481 e. The van der Waals surface area contributed by atoms with E-state index in [9.17, 15) is 29.8 Å². The van der Waals surface area contributed by atoms with Crippen molar-refractivity contribution in [2.24, 2.45) is 5.92 Å². The topological polar surface area (TPSA) is 150 Å². The summed E-state index contributed by atoms with van der Waals surface area (Å²) in [5.74, 6) is -4.19. The Hall–Kier alpha value is -3.04. The fraction of sp³-hybridized carbons (Fsp3) is 0.273. The van der Waals surface area contributed by atoms with E-state index in [2.05, 4.69) is 4.74 Å².